The first-order valence-corrected chi connectivity index (χ1v) is 14.6. The van der Waals surface area contributed by atoms with Gasteiger partial charge in [-0.2, -0.15) is 13.2 Å². The predicted molar refractivity (Wildman–Crippen MR) is 154 cm³/mol. The fraction of sp³-hybridized carbons (Fsp3) is 0.333. The van der Waals surface area contributed by atoms with Crippen LogP contribution in [-0.2, 0) is 25.4 Å². The van der Waals surface area contributed by atoms with Crippen LogP contribution in [0, 0.1) is 0 Å². The van der Waals surface area contributed by atoms with Crippen LogP contribution in [0.15, 0.2) is 76.6 Å². The summed E-state index contributed by atoms with van der Waals surface area (Å²) in [7, 11) is 2.25. The molecule has 0 bridgehead atoms. The van der Waals surface area contributed by atoms with Crippen LogP contribution in [0.25, 0.3) is 0 Å². The number of hydrogen-bond donors (Lipinski definition) is 4. The van der Waals surface area contributed by atoms with Crippen LogP contribution in [0.4, 0.5) is 24.5 Å². The van der Waals surface area contributed by atoms with Crippen molar-refractivity contribution in [2.24, 2.45) is 0 Å². The van der Waals surface area contributed by atoms with Crippen molar-refractivity contribution in [3.05, 3.63) is 72.3 Å². The molecule has 2 aliphatic heterocycles. The molecule has 0 aromatic heterocycles. The highest BCUT2D eigenvalue weighted by Gasteiger charge is 2.33. The molecule has 0 saturated carbocycles. The van der Waals surface area contributed by atoms with Gasteiger partial charge in [0.05, 0.1) is 55.6 Å². The zero-order valence-electron chi connectivity index (χ0n) is 24.3. The molecule has 0 spiro atoms. The number of nitrogens with zero attached hydrogens (tertiary/aromatic N) is 1. The summed E-state index contributed by atoms with van der Waals surface area (Å²) >= 11 is 1.55. The normalized spacial score (nSPS) is 17.6. The molecule has 2 heterocycles. The minimum atomic E-state index is -4.33. The zero-order valence-corrected chi connectivity index (χ0v) is 25.2. The number of aliphatic carboxylic acids is 4. The number of hydrogen-bond acceptors (Lipinski definition) is 8. The lowest BCUT2D eigenvalue weighted by molar-refractivity contribution is -0.930. The Balaban J connectivity index is 0.000000365. The number of carboxylic acids is 4. The van der Waals surface area contributed by atoms with E-state index in [1.165, 1.54) is 44.7 Å². The second-order valence-corrected chi connectivity index (χ2v) is 11.1. The first-order valence-electron chi connectivity index (χ1n) is 13.8. The topological polar surface area (TPSA) is 167 Å². The van der Waals surface area contributed by atoms with Gasteiger partial charge in [-0.1, -0.05) is 23.9 Å². The van der Waals surface area contributed by atoms with Gasteiger partial charge < -0.3 is 44.7 Å². The molecule has 45 heavy (non-hydrogen) atoms. The number of quaternary nitrogens is 2. The van der Waals surface area contributed by atoms with Crippen LogP contribution in [0.3, 0.4) is 0 Å². The van der Waals surface area contributed by atoms with E-state index in [0.717, 1.165) is 35.0 Å². The fourth-order valence-corrected chi connectivity index (χ4v) is 5.62. The number of alkyl halides is 3. The summed E-state index contributed by atoms with van der Waals surface area (Å²) < 4.78 is 39.9. The molecular formula is C30H34F3N3O8S. The van der Waals surface area contributed by atoms with Crippen LogP contribution in [-0.4, -0.2) is 80.4 Å². The summed E-state index contributed by atoms with van der Waals surface area (Å²) in [4.78, 5) is 45.2. The Hall–Kier alpha value is -4.34. The lowest BCUT2D eigenvalue weighted by Gasteiger charge is -2.33. The number of anilines is 2. The van der Waals surface area contributed by atoms with Crippen LogP contribution >= 0.6 is 11.8 Å². The molecule has 1 saturated heterocycles. The van der Waals surface area contributed by atoms with Gasteiger partial charge in [-0.3, -0.25) is 0 Å². The largest absolute Gasteiger partial charge is 0.545 e. The van der Waals surface area contributed by atoms with Crippen LogP contribution < -0.4 is 24.9 Å². The highest BCUT2D eigenvalue weighted by molar-refractivity contribution is 7.99. The van der Waals surface area contributed by atoms with Crippen LogP contribution in [0.2, 0.25) is 0 Å². The summed E-state index contributed by atoms with van der Waals surface area (Å²) in [5, 5.41) is 34.5. The van der Waals surface area contributed by atoms with Crippen molar-refractivity contribution in [3.63, 3.8) is 0 Å². The number of carbonyl (C=O) groups is 4. The maximum Gasteiger partial charge on any atom is 0.416 e. The van der Waals surface area contributed by atoms with Crippen molar-refractivity contribution in [3.8, 4) is 0 Å². The monoisotopic (exact) mass is 653 g/mol. The molecule has 4 N–H and O–H groups in total. The maximum absolute atomic E-state index is 13.3. The lowest BCUT2D eigenvalue weighted by atomic mass is 10.1. The van der Waals surface area contributed by atoms with Gasteiger partial charge in [0.15, 0.2) is 0 Å². The second-order valence-electron chi connectivity index (χ2n) is 10.0. The molecule has 0 amide bonds. The van der Waals surface area contributed by atoms with Gasteiger partial charge >= 0.3 is 18.1 Å². The molecule has 2 aliphatic rings. The molecule has 244 valence electrons. The molecule has 11 nitrogen and oxygen atoms in total. The fourth-order valence-electron chi connectivity index (χ4n) is 4.54. The molecule has 0 aliphatic carbocycles. The molecule has 15 heteroatoms. The third-order valence-corrected chi connectivity index (χ3v) is 7.76. The van der Waals surface area contributed by atoms with Gasteiger partial charge in [0.1, 0.15) is 13.1 Å². The number of carboxylic acid groups (broad SMARTS) is 4. The van der Waals surface area contributed by atoms with Crippen molar-refractivity contribution in [2.45, 2.75) is 28.8 Å². The quantitative estimate of drug-likeness (QED) is 0.267. The smallest absolute Gasteiger partial charge is 0.416 e. The Morgan fingerprint density at radius 1 is 0.867 bits per heavy atom. The summed E-state index contributed by atoms with van der Waals surface area (Å²) in [5.41, 5.74) is 1.11. The Morgan fingerprint density at radius 3 is 2.02 bits per heavy atom. The number of rotatable bonds is 8. The molecule has 1 fully saturated rings. The predicted octanol–water partition coefficient (Wildman–Crippen LogP) is -0.744. The van der Waals surface area contributed by atoms with E-state index in [2.05, 4.69) is 11.9 Å². The zero-order chi connectivity index (χ0) is 33.6. The average molecular weight is 654 g/mol. The lowest BCUT2D eigenvalue weighted by Crippen LogP contribution is -3.16. The minimum Gasteiger partial charge on any atom is -0.545 e. The number of fused-ring (bicyclic) bond motifs is 2. The van der Waals surface area contributed by atoms with Gasteiger partial charge in [0.25, 0.3) is 0 Å². The number of halogens is 3. The van der Waals surface area contributed by atoms with Crippen LogP contribution in [0.1, 0.15) is 18.4 Å². The average Bonchev–Trinajstić information content (AvgIpc) is 3.18. The Bertz CT molecular complexity index is 1330. The van der Waals surface area contributed by atoms with E-state index >= 15 is 0 Å². The summed E-state index contributed by atoms with van der Waals surface area (Å²) in [6.07, 6.45) is -0.243. The van der Waals surface area contributed by atoms with Crippen LogP contribution in [0.5, 0.6) is 0 Å². The van der Waals surface area contributed by atoms with Crippen molar-refractivity contribution in [2.75, 3.05) is 51.2 Å². The third kappa shape index (κ3) is 13.5. The molecule has 2 aromatic rings. The molecule has 2 atom stereocenters. The number of benzene rings is 2. The Kier molecular flexibility index (Phi) is 14.6. The molecule has 2 unspecified atom stereocenters. The summed E-state index contributed by atoms with van der Waals surface area (Å²) in [5.74, 6) is -5.61. The van der Waals surface area contributed by atoms with E-state index < -0.39 is 35.6 Å². The molecular weight excluding hydrogens is 619 g/mol. The summed E-state index contributed by atoms with van der Waals surface area (Å²) in [6.45, 7) is 6.58. The van der Waals surface area contributed by atoms with E-state index in [0.29, 0.717) is 30.0 Å². The van der Waals surface area contributed by atoms with Crippen molar-refractivity contribution < 1.29 is 62.6 Å². The SMILES string of the molecule is C[NH+]1CCC[NH+](CCCN2c3ccccc3Sc3ccc(C(F)(F)F)cc32)CC1.O=C([O-])/C=C/C(=O)O.O=C([O-])/C=C/C(=O)O. The van der Waals surface area contributed by atoms with Gasteiger partial charge in [-0.25, -0.2) is 9.59 Å². The summed E-state index contributed by atoms with van der Waals surface area (Å²) in [6, 6.07) is 12.1. The maximum atomic E-state index is 13.3. The second kappa shape index (κ2) is 17.8. The van der Waals surface area contributed by atoms with Gasteiger partial charge in [-0.05, 0) is 42.5 Å². The molecule has 0 radical (unpaired) electrons. The highest BCUT2D eigenvalue weighted by Crippen LogP contribution is 2.49. The number of para-hydroxylation sites is 1. The van der Waals surface area contributed by atoms with Crippen molar-refractivity contribution >= 4 is 47.0 Å². The first kappa shape index (κ1) is 36.8. The number of carbonyl (C=O) groups excluding carboxylic acids is 2. The van der Waals surface area contributed by atoms with Crippen molar-refractivity contribution in [1.82, 2.24) is 0 Å². The highest BCUT2D eigenvalue weighted by atomic mass is 32.2. The van der Waals surface area contributed by atoms with E-state index in [1.807, 2.05) is 24.3 Å². The van der Waals surface area contributed by atoms with E-state index in [4.69, 9.17) is 10.2 Å². The van der Waals surface area contributed by atoms with E-state index in [1.54, 1.807) is 27.6 Å². The number of likely N-dealkylation sites (N-methyl/N-ethyl adjacent to an activating group) is 1. The van der Waals surface area contributed by atoms with Gasteiger partial charge in [0, 0.05) is 41.3 Å². The Morgan fingerprint density at radius 2 is 1.47 bits per heavy atom. The molecule has 2 aromatic carbocycles. The number of nitrogens with one attached hydrogen (secondary N) is 2. The third-order valence-electron chi connectivity index (χ3n) is 6.63. The van der Waals surface area contributed by atoms with Gasteiger partial charge in [0.2, 0.25) is 0 Å². The van der Waals surface area contributed by atoms with Gasteiger partial charge in [-0.15, -0.1) is 0 Å². The Labute approximate surface area is 261 Å². The van der Waals surface area contributed by atoms with Crippen molar-refractivity contribution in [1.29, 1.82) is 0 Å². The molecule has 4 rings (SSSR count). The van der Waals surface area contributed by atoms with E-state index in [9.17, 15) is 42.6 Å². The van der Waals surface area contributed by atoms with E-state index in [-0.39, 0.29) is 0 Å². The minimum absolute atomic E-state index is 0.447. The first-order chi connectivity index (χ1) is 21.2. The standard InChI is InChI=1S/C22H26F3N3S.2C4H4O4/c1-26-10-4-11-27(15-14-26)12-5-13-28-18-6-2-3-7-20(18)29-21-9-8-17(16-19(21)28)22(23,24)25;2*5-3(6)1-2-4(7)8/h2-3,6-9,16H,4-5,10-15H2,1H3;2*1-2H,(H,5,6)(H,7,8)/b;2*2-1+.